The average molecular weight is 592 g/mol. The zero-order valence-electron chi connectivity index (χ0n) is 22.0. The van der Waals surface area contributed by atoms with Crippen LogP contribution in [0.25, 0.3) is 6.08 Å². The minimum Gasteiger partial charge on any atom is -0.625 e. The smallest absolute Gasteiger partial charge is 0.176 e. The summed E-state index contributed by atoms with van der Waals surface area (Å²) in [5.41, 5.74) is 3.32. The third-order valence-electron chi connectivity index (χ3n) is 7.34. The van der Waals surface area contributed by atoms with Gasteiger partial charge in [-0.2, -0.15) is 4.55 Å². The van der Waals surface area contributed by atoms with Gasteiger partial charge in [-0.3, -0.25) is 0 Å². The van der Waals surface area contributed by atoms with Crippen molar-refractivity contribution >= 4 is 49.4 Å². The van der Waals surface area contributed by atoms with Crippen LogP contribution in [0.1, 0.15) is 17.0 Å². The van der Waals surface area contributed by atoms with E-state index in [1.807, 2.05) is 133 Å². The highest BCUT2D eigenvalue weighted by molar-refractivity contribution is 8.17. The Morgan fingerprint density at radius 2 is 1.17 bits per heavy atom. The molecule has 0 aromatic heterocycles. The molecule has 4 nitrogen and oxygen atoms in total. The lowest BCUT2D eigenvalue weighted by Gasteiger charge is -2.39. The van der Waals surface area contributed by atoms with Gasteiger partial charge in [-0.15, -0.1) is 4.36 Å². The molecule has 0 amide bonds. The molecule has 0 saturated carbocycles. The molecule has 0 radical (unpaired) electrons. The fourth-order valence-electron chi connectivity index (χ4n) is 5.41. The molecular weight excluding hydrogens is 565 g/mol. The quantitative estimate of drug-likeness (QED) is 0.207. The first-order valence-corrected chi connectivity index (χ1v) is 17.3. The molecule has 0 fully saturated rings. The Bertz CT molecular complexity index is 1870. The van der Waals surface area contributed by atoms with Gasteiger partial charge in [0.05, 0.1) is 0 Å². The van der Waals surface area contributed by atoms with Crippen molar-refractivity contribution in [2.75, 3.05) is 0 Å². The first-order valence-electron chi connectivity index (χ1n) is 13.3. The van der Waals surface area contributed by atoms with E-state index in [-0.39, 0.29) is 0 Å². The van der Waals surface area contributed by atoms with Gasteiger partial charge in [0.2, 0.25) is 0 Å². The molecule has 4 atom stereocenters. The summed E-state index contributed by atoms with van der Waals surface area (Å²) >= 11 is 1.56. The van der Waals surface area contributed by atoms with Crippen molar-refractivity contribution in [3.05, 3.63) is 156 Å². The fraction of sp³-hybridized carbons (Fsp3) is 0.0588. The predicted molar refractivity (Wildman–Crippen MR) is 171 cm³/mol. The van der Waals surface area contributed by atoms with Crippen molar-refractivity contribution in [2.45, 2.75) is 25.2 Å². The van der Waals surface area contributed by atoms with Crippen LogP contribution in [0, 0.1) is 0 Å². The molecule has 7 rings (SSSR count). The monoisotopic (exact) mass is 591 g/mol. The number of nitrogens with zero attached hydrogens (tertiary/aromatic N) is 2. The van der Waals surface area contributed by atoms with Gasteiger partial charge in [-0.25, -0.2) is 0 Å². The van der Waals surface area contributed by atoms with Crippen LogP contribution in [-0.4, -0.2) is 13.7 Å². The maximum absolute atomic E-state index is 15.4. The Hall–Kier alpha value is -3.59. The lowest BCUT2D eigenvalue weighted by atomic mass is 9.96. The van der Waals surface area contributed by atoms with E-state index in [0.29, 0.717) is 10.6 Å². The molecule has 7 heteroatoms. The highest BCUT2D eigenvalue weighted by atomic mass is 32.3. The van der Waals surface area contributed by atoms with Crippen LogP contribution in [0.5, 0.6) is 0 Å². The number of rotatable bonds is 5. The second kappa shape index (κ2) is 10.7. The third kappa shape index (κ3) is 4.64. The van der Waals surface area contributed by atoms with E-state index in [1.165, 1.54) is 0 Å². The number of thioether (sulfide) groups is 1. The summed E-state index contributed by atoms with van der Waals surface area (Å²) < 4.78 is 37.8. The number of hydrogen-bond acceptors (Lipinski definition) is 4. The highest BCUT2D eigenvalue weighted by Gasteiger charge is 2.53. The molecule has 41 heavy (non-hydrogen) atoms. The number of hydrogen-bond donors (Lipinski definition) is 1. The second-order valence-corrected chi connectivity index (χ2v) is 15.9. The van der Waals surface area contributed by atoms with E-state index in [4.69, 9.17) is 8.73 Å². The molecule has 0 spiro atoms. The topological polar surface area (TPSA) is 68.0 Å². The first-order chi connectivity index (χ1) is 20.1. The summed E-state index contributed by atoms with van der Waals surface area (Å²) in [6.45, 7) is 0. The minimum absolute atomic E-state index is 0.432. The summed E-state index contributed by atoms with van der Waals surface area (Å²) in [6, 6.07) is 45.1. The average Bonchev–Trinajstić information content (AvgIpc) is 3.03. The Morgan fingerprint density at radius 3 is 1.88 bits per heavy atom. The minimum atomic E-state index is -3.02. The van der Waals surface area contributed by atoms with Gasteiger partial charge >= 0.3 is 0 Å². The molecular formula is C34H27N2O2S3+. The SMILES string of the molecule is [O-][S+]1(c2ccccc2)=Nc2ccccc2[C@H](C2=Cc3ccccc3N=[S+]2(O)c2ccccc2)[C@H]1Sc1ccccc1. The van der Waals surface area contributed by atoms with Crippen LogP contribution in [0.4, 0.5) is 11.4 Å². The van der Waals surface area contributed by atoms with Crippen molar-refractivity contribution in [1.82, 2.24) is 0 Å². The van der Waals surface area contributed by atoms with Crippen molar-refractivity contribution in [2.24, 2.45) is 8.73 Å². The molecule has 1 N–H and O–H groups in total. The molecule has 5 aromatic carbocycles. The van der Waals surface area contributed by atoms with Gasteiger partial charge in [-0.1, -0.05) is 107 Å². The number of fused-ring (bicyclic) bond motifs is 2. The Balaban J connectivity index is 1.54. The Labute approximate surface area is 247 Å². The highest BCUT2D eigenvalue weighted by Crippen LogP contribution is 2.57. The largest absolute Gasteiger partial charge is 0.625 e. The lowest BCUT2D eigenvalue weighted by Crippen LogP contribution is -2.37. The van der Waals surface area contributed by atoms with E-state index in [0.717, 1.165) is 31.5 Å². The summed E-state index contributed by atoms with van der Waals surface area (Å²) in [5.74, 6) is -0.432. The summed E-state index contributed by atoms with van der Waals surface area (Å²) in [6.07, 6.45) is 2.08. The number of benzene rings is 5. The predicted octanol–water partition coefficient (Wildman–Crippen LogP) is 9.62. The molecule has 2 aliphatic rings. The van der Waals surface area contributed by atoms with Crippen molar-refractivity contribution in [1.29, 1.82) is 0 Å². The van der Waals surface area contributed by atoms with Crippen LogP contribution in [-0.2, 0) is 20.2 Å². The van der Waals surface area contributed by atoms with Gasteiger partial charge in [0, 0.05) is 22.1 Å². The van der Waals surface area contributed by atoms with E-state index in [2.05, 4.69) is 12.1 Å². The summed E-state index contributed by atoms with van der Waals surface area (Å²) in [7, 11) is -5.89. The van der Waals surface area contributed by atoms with E-state index < -0.39 is 30.7 Å². The van der Waals surface area contributed by atoms with Crippen molar-refractivity contribution in [3.63, 3.8) is 0 Å². The van der Waals surface area contributed by atoms with E-state index in [9.17, 15) is 4.55 Å². The molecule has 2 heterocycles. The molecule has 0 aliphatic carbocycles. The molecule has 202 valence electrons. The second-order valence-electron chi connectivity index (χ2n) is 9.87. The molecule has 5 aromatic rings. The van der Waals surface area contributed by atoms with Crippen molar-refractivity contribution < 1.29 is 9.11 Å². The molecule has 2 aliphatic heterocycles. The third-order valence-corrected chi connectivity index (χ3v) is 14.2. The maximum Gasteiger partial charge on any atom is 0.176 e. The molecule has 0 bridgehead atoms. The van der Waals surface area contributed by atoms with Gasteiger partial charge in [-0.05, 0) is 58.6 Å². The van der Waals surface area contributed by atoms with Gasteiger partial charge in [0.1, 0.15) is 22.2 Å². The Morgan fingerprint density at radius 1 is 0.610 bits per heavy atom. The van der Waals surface area contributed by atoms with Crippen LogP contribution >= 0.6 is 11.8 Å². The zero-order valence-corrected chi connectivity index (χ0v) is 24.4. The summed E-state index contributed by atoms with van der Waals surface area (Å²) in [5, 5.41) is 0. The van der Waals surface area contributed by atoms with Crippen molar-refractivity contribution in [3.8, 4) is 0 Å². The Kier molecular flexibility index (Phi) is 6.85. The van der Waals surface area contributed by atoms with Gasteiger partial charge in [0.25, 0.3) is 0 Å². The zero-order chi connectivity index (χ0) is 27.9. The lowest BCUT2D eigenvalue weighted by molar-refractivity contribution is 0.573. The summed E-state index contributed by atoms with van der Waals surface area (Å²) in [4.78, 5) is 3.19. The fourth-order valence-corrected chi connectivity index (χ4v) is 12.4. The first kappa shape index (κ1) is 26.3. The van der Waals surface area contributed by atoms with Crippen LogP contribution in [0.15, 0.2) is 168 Å². The van der Waals surface area contributed by atoms with Crippen LogP contribution < -0.4 is 0 Å². The van der Waals surface area contributed by atoms with E-state index >= 15 is 4.55 Å². The standard InChI is InChI=1S/C34H27N2O2S3/c37-40(27-17-6-2-7-18-27)32(24-25-14-10-12-22-30(25)35-40)33-29-21-11-13-23-31(29)36-41(38,28-19-8-3-9-20-28)34(33)39-26-15-4-1-5-16-26/h1-24,33-34H,(H-,35,36,37,38)/q+1/t33-,34+,40?,41?/m1/s1. The van der Waals surface area contributed by atoms with E-state index in [1.54, 1.807) is 11.8 Å². The van der Waals surface area contributed by atoms with Crippen LogP contribution in [0.2, 0.25) is 0 Å². The van der Waals surface area contributed by atoms with Gasteiger partial charge in [0.15, 0.2) is 24.5 Å². The number of allylic oxidation sites excluding steroid dienone is 1. The normalized spacial score (nSPS) is 24.7. The molecule has 2 unspecified atom stereocenters. The van der Waals surface area contributed by atoms with Crippen LogP contribution in [0.3, 0.4) is 0 Å². The maximum atomic E-state index is 15.4. The molecule has 0 saturated heterocycles. The van der Waals surface area contributed by atoms with Gasteiger partial charge < -0.3 is 4.55 Å².